The highest BCUT2D eigenvalue weighted by molar-refractivity contribution is 4.76. The van der Waals surface area contributed by atoms with E-state index in [4.69, 9.17) is 0 Å². The van der Waals surface area contributed by atoms with Crippen LogP contribution in [0.1, 0.15) is 33.6 Å². The van der Waals surface area contributed by atoms with E-state index in [-0.39, 0.29) is 6.10 Å². The van der Waals surface area contributed by atoms with E-state index in [1.165, 1.54) is 0 Å². The fourth-order valence-electron chi connectivity index (χ4n) is 1.71. The van der Waals surface area contributed by atoms with Gasteiger partial charge in [0.25, 0.3) is 0 Å². The van der Waals surface area contributed by atoms with Gasteiger partial charge in [-0.25, -0.2) is 0 Å². The van der Waals surface area contributed by atoms with Crippen molar-refractivity contribution in [3.05, 3.63) is 0 Å². The van der Waals surface area contributed by atoms with Crippen molar-refractivity contribution in [1.82, 2.24) is 4.90 Å². The summed E-state index contributed by atoms with van der Waals surface area (Å²) in [6.07, 6.45) is 1.87. The van der Waals surface area contributed by atoms with Gasteiger partial charge in [-0.15, -0.1) is 0 Å². The zero-order valence-corrected chi connectivity index (χ0v) is 8.45. The van der Waals surface area contributed by atoms with E-state index in [1.54, 1.807) is 0 Å². The number of aliphatic hydroxyl groups excluding tert-OH is 1. The summed E-state index contributed by atoms with van der Waals surface area (Å²) in [6, 6.07) is 0.664. The van der Waals surface area contributed by atoms with E-state index in [1.807, 2.05) is 0 Å². The fraction of sp³-hybridized carbons (Fsp3) is 1.00. The normalized spacial score (nSPS) is 24.8. The summed E-state index contributed by atoms with van der Waals surface area (Å²) in [5, 5.41) is 9.32. The molecule has 2 heteroatoms. The molecule has 0 unspecified atom stereocenters. The standard InChI is InChI=1S/C10H21NO/c1-8(2)9(3)11-6-4-10(12)5-7-11/h8-10,12H,4-7H2,1-3H3/t9-/m1/s1. The Morgan fingerprint density at radius 2 is 1.67 bits per heavy atom. The molecular weight excluding hydrogens is 150 g/mol. The Labute approximate surface area is 75.6 Å². The van der Waals surface area contributed by atoms with Crippen LogP contribution in [-0.4, -0.2) is 35.2 Å². The summed E-state index contributed by atoms with van der Waals surface area (Å²) in [7, 11) is 0. The van der Waals surface area contributed by atoms with Crippen LogP contribution in [0.25, 0.3) is 0 Å². The van der Waals surface area contributed by atoms with Gasteiger partial charge < -0.3 is 10.0 Å². The summed E-state index contributed by atoms with van der Waals surface area (Å²) < 4.78 is 0. The van der Waals surface area contributed by atoms with Gasteiger partial charge in [-0.05, 0) is 25.7 Å². The molecule has 1 N–H and O–H groups in total. The van der Waals surface area contributed by atoms with Gasteiger partial charge in [0.05, 0.1) is 6.10 Å². The quantitative estimate of drug-likeness (QED) is 0.680. The number of hydrogen-bond acceptors (Lipinski definition) is 2. The molecule has 0 amide bonds. The molecule has 0 aromatic heterocycles. The highest BCUT2D eigenvalue weighted by Gasteiger charge is 2.22. The SMILES string of the molecule is CC(C)[C@@H](C)N1CCC(O)CC1. The summed E-state index contributed by atoms with van der Waals surface area (Å²) in [4.78, 5) is 2.48. The van der Waals surface area contributed by atoms with E-state index >= 15 is 0 Å². The third-order valence-corrected chi connectivity index (χ3v) is 3.04. The Balaban J connectivity index is 2.34. The lowest BCUT2D eigenvalue weighted by Crippen LogP contribution is -2.43. The summed E-state index contributed by atoms with van der Waals surface area (Å²) in [5.74, 6) is 0.722. The Morgan fingerprint density at radius 3 is 2.08 bits per heavy atom. The van der Waals surface area contributed by atoms with Gasteiger partial charge in [0.1, 0.15) is 0 Å². The van der Waals surface area contributed by atoms with Crippen molar-refractivity contribution in [2.45, 2.75) is 45.8 Å². The van der Waals surface area contributed by atoms with Gasteiger partial charge in [0.15, 0.2) is 0 Å². The minimum atomic E-state index is -0.0411. The number of rotatable bonds is 2. The molecule has 1 rings (SSSR count). The van der Waals surface area contributed by atoms with E-state index in [0.29, 0.717) is 6.04 Å². The lowest BCUT2D eigenvalue weighted by Gasteiger charge is -2.36. The zero-order valence-electron chi connectivity index (χ0n) is 8.45. The highest BCUT2D eigenvalue weighted by Crippen LogP contribution is 2.16. The molecule has 0 spiro atoms. The molecular formula is C10H21NO. The maximum atomic E-state index is 9.32. The van der Waals surface area contributed by atoms with Gasteiger partial charge in [0.2, 0.25) is 0 Å². The van der Waals surface area contributed by atoms with Gasteiger partial charge in [0, 0.05) is 19.1 Å². The van der Waals surface area contributed by atoms with Crippen molar-refractivity contribution < 1.29 is 5.11 Å². The lowest BCUT2D eigenvalue weighted by atomic mass is 10.00. The third-order valence-electron chi connectivity index (χ3n) is 3.04. The molecule has 1 atom stereocenters. The van der Waals surface area contributed by atoms with Crippen molar-refractivity contribution in [2.24, 2.45) is 5.92 Å². The number of piperidine rings is 1. The van der Waals surface area contributed by atoms with Gasteiger partial charge in [-0.3, -0.25) is 0 Å². The van der Waals surface area contributed by atoms with Crippen molar-refractivity contribution >= 4 is 0 Å². The summed E-state index contributed by atoms with van der Waals surface area (Å²) >= 11 is 0. The number of nitrogens with zero attached hydrogens (tertiary/aromatic N) is 1. The molecule has 0 aromatic carbocycles. The molecule has 1 aliphatic heterocycles. The number of likely N-dealkylation sites (tertiary alicyclic amines) is 1. The molecule has 0 saturated carbocycles. The van der Waals surface area contributed by atoms with Crippen LogP contribution in [-0.2, 0) is 0 Å². The molecule has 1 heterocycles. The zero-order chi connectivity index (χ0) is 9.14. The van der Waals surface area contributed by atoms with Gasteiger partial charge >= 0.3 is 0 Å². The second-order valence-corrected chi connectivity index (χ2v) is 4.25. The van der Waals surface area contributed by atoms with Crippen LogP contribution in [0.4, 0.5) is 0 Å². The maximum Gasteiger partial charge on any atom is 0.0564 e. The topological polar surface area (TPSA) is 23.5 Å². The molecule has 0 bridgehead atoms. The average Bonchev–Trinajstić information content (AvgIpc) is 2.04. The molecule has 1 aliphatic rings. The van der Waals surface area contributed by atoms with Crippen LogP contribution in [0.15, 0.2) is 0 Å². The van der Waals surface area contributed by atoms with E-state index in [9.17, 15) is 5.11 Å². The second-order valence-electron chi connectivity index (χ2n) is 4.25. The second kappa shape index (κ2) is 4.24. The smallest absolute Gasteiger partial charge is 0.0564 e. The number of aliphatic hydroxyl groups is 1. The van der Waals surface area contributed by atoms with E-state index in [0.717, 1.165) is 31.8 Å². The van der Waals surface area contributed by atoms with Crippen molar-refractivity contribution in [3.63, 3.8) is 0 Å². The molecule has 72 valence electrons. The van der Waals surface area contributed by atoms with Crippen LogP contribution in [0.3, 0.4) is 0 Å². The molecule has 12 heavy (non-hydrogen) atoms. The number of hydrogen-bond donors (Lipinski definition) is 1. The van der Waals surface area contributed by atoms with Crippen LogP contribution in [0.2, 0.25) is 0 Å². The minimum absolute atomic E-state index is 0.0411. The molecule has 2 nitrogen and oxygen atoms in total. The van der Waals surface area contributed by atoms with E-state index < -0.39 is 0 Å². The Morgan fingerprint density at radius 1 is 1.17 bits per heavy atom. The highest BCUT2D eigenvalue weighted by atomic mass is 16.3. The summed E-state index contributed by atoms with van der Waals surface area (Å²) in [6.45, 7) is 8.94. The van der Waals surface area contributed by atoms with Gasteiger partial charge in [-0.2, -0.15) is 0 Å². The van der Waals surface area contributed by atoms with Crippen molar-refractivity contribution in [2.75, 3.05) is 13.1 Å². The molecule has 0 aliphatic carbocycles. The van der Waals surface area contributed by atoms with Crippen molar-refractivity contribution in [3.8, 4) is 0 Å². The predicted octanol–water partition coefficient (Wildman–Crippen LogP) is 1.49. The summed E-state index contributed by atoms with van der Waals surface area (Å²) in [5.41, 5.74) is 0. The fourth-order valence-corrected chi connectivity index (χ4v) is 1.71. The average molecular weight is 171 g/mol. The first-order valence-corrected chi connectivity index (χ1v) is 5.03. The molecule has 0 aromatic rings. The lowest BCUT2D eigenvalue weighted by molar-refractivity contribution is 0.0536. The van der Waals surface area contributed by atoms with Crippen LogP contribution >= 0.6 is 0 Å². The van der Waals surface area contributed by atoms with Crippen molar-refractivity contribution in [1.29, 1.82) is 0 Å². The predicted molar refractivity (Wildman–Crippen MR) is 51.1 cm³/mol. The van der Waals surface area contributed by atoms with Gasteiger partial charge in [-0.1, -0.05) is 13.8 Å². The maximum absolute atomic E-state index is 9.32. The Hall–Kier alpha value is -0.0800. The Bertz CT molecular complexity index is 128. The first kappa shape index (κ1) is 10.0. The molecule has 0 radical (unpaired) electrons. The third kappa shape index (κ3) is 2.46. The first-order valence-electron chi connectivity index (χ1n) is 5.03. The molecule has 1 saturated heterocycles. The van der Waals surface area contributed by atoms with E-state index in [2.05, 4.69) is 25.7 Å². The monoisotopic (exact) mass is 171 g/mol. The minimum Gasteiger partial charge on any atom is -0.393 e. The molecule has 1 fully saturated rings. The first-order chi connectivity index (χ1) is 5.61. The van der Waals surface area contributed by atoms with Crippen LogP contribution in [0, 0.1) is 5.92 Å². The van der Waals surface area contributed by atoms with Crippen LogP contribution in [0.5, 0.6) is 0 Å². The van der Waals surface area contributed by atoms with Crippen LogP contribution < -0.4 is 0 Å². The largest absolute Gasteiger partial charge is 0.393 e. The Kier molecular flexibility index (Phi) is 3.53.